The zero-order valence-corrected chi connectivity index (χ0v) is 15.8. The highest BCUT2D eigenvalue weighted by molar-refractivity contribution is 6.04. The lowest BCUT2D eigenvalue weighted by Gasteiger charge is -2.18. The average molecular weight is 361 g/mol. The number of amides is 1. The summed E-state index contributed by atoms with van der Waals surface area (Å²) in [4.78, 5) is 27.1. The van der Waals surface area contributed by atoms with Gasteiger partial charge >= 0.3 is 0 Å². The number of para-hydroxylation sites is 1. The lowest BCUT2D eigenvalue weighted by molar-refractivity contribution is 0.102. The van der Waals surface area contributed by atoms with Crippen LogP contribution in [-0.4, -0.2) is 34.5 Å². The van der Waals surface area contributed by atoms with Crippen LogP contribution >= 0.6 is 0 Å². The zero-order valence-electron chi connectivity index (χ0n) is 15.8. The van der Waals surface area contributed by atoms with Gasteiger partial charge in [-0.05, 0) is 49.1 Å². The Morgan fingerprint density at radius 2 is 1.78 bits per heavy atom. The maximum atomic E-state index is 12.6. The molecular weight excluding hydrogens is 338 g/mol. The van der Waals surface area contributed by atoms with Gasteiger partial charge in [-0.2, -0.15) is 0 Å². The second kappa shape index (κ2) is 8.40. The molecule has 6 nitrogen and oxygen atoms in total. The molecule has 138 valence electrons. The first kappa shape index (κ1) is 18.5. The second-order valence-corrected chi connectivity index (χ2v) is 6.51. The number of pyridine rings is 1. The Hall–Kier alpha value is -3.28. The number of likely N-dealkylation sites (N-methyl/N-ethyl adjacent to an activating group) is 1. The van der Waals surface area contributed by atoms with Crippen molar-refractivity contribution in [2.75, 3.05) is 23.8 Å². The molecule has 1 N–H and O–H groups in total. The molecule has 0 saturated heterocycles. The van der Waals surface area contributed by atoms with Crippen LogP contribution in [0.4, 0.5) is 11.5 Å². The van der Waals surface area contributed by atoms with Crippen LogP contribution in [0, 0.1) is 13.8 Å². The third-order valence-electron chi connectivity index (χ3n) is 4.48. The van der Waals surface area contributed by atoms with Gasteiger partial charge in [-0.15, -0.1) is 0 Å². The summed E-state index contributed by atoms with van der Waals surface area (Å²) in [5.74, 6) is 0.476. The second-order valence-electron chi connectivity index (χ2n) is 6.51. The molecule has 0 atom stereocenters. The highest BCUT2D eigenvalue weighted by atomic mass is 16.1. The van der Waals surface area contributed by atoms with Gasteiger partial charge < -0.3 is 10.2 Å². The molecule has 0 spiro atoms. The number of nitrogens with one attached hydrogen (secondary N) is 1. The normalized spacial score (nSPS) is 10.5. The summed E-state index contributed by atoms with van der Waals surface area (Å²) in [5.41, 5.74) is 4.42. The Morgan fingerprint density at radius 1 is 1.07 bits per heavy atom. The molecule has 0 unspecified atom stereocenters. The first-order valence-electron chi connectivity index (χ1n) is 8.84. The van der Waals surface area contributed by atoms with E-state index in [4.69, 9.17) is 0 Å². The van der Waals surface area contributed by atoms with E-state index < -0.39 is 0 Å². The number of hydrogen-bond donors (Lipinski definition) is 1. The Morgan fingerprint density at radius 3 is 2.48 bits per heavy atom. The number of nitrogens with zero attached hydrogens (tertiary/aromatic N) is 4. The van der Waals surface area contributed by atoms with Crippen molar-refractivity contribution < 1.29 is 4.79 Å². The maximum absolute atomic E-state index is 12.6. The molecule has 0 aliphatic carbocycles. The number of rotatable bonds is 6. The number of benzene rings is 1. The topological polar surface area (TPSA) is 71.0 Å². The Bertz CT molecular complexity index is 907. The van der Waals surface area contributed by atoms with E-state index in [1.807, 2.05) is 56.1 Å². The lowest BCUT2D eigenvalue weighted by Crippen LogP contribution is -2.23. The van der Waals surface area contributed by atoms with E-state index in [1.165, 1.54) is 11.9 Å². The fourth-order valence-electron chi connectivity index (χ4n) is 2.83. The van der Waals surface area contributed by atoms with Crippen LogP contribution in [0.5, 0.6) is 0 Å². The van der Waals surface area contributed by atoms with Crippen LogP contribution in [0.2, 0.25) is 0 Å². The van der Waals surface area contributed by atoms with Crippen molar-refractivity contribution in [3.8, 4) is 0 Å². The fraction of sp³-hybridized carbons (Fsp3) is 0.238. The molecule has 0 aliphatic rings. The molecule has 0 fully saturated rings. The zero-order chi connectivity index (χ0) is 19.2. The molecule has 6 heteroatoms. The van der Waals surface area contributed by atoms with E-state index in [-0.39, 0.29) is 5.91 Å². The molecule has 3 rings (SSSR count). The van der Waals surface area contributed by atoms with Gasteiger partial charge in [0.2, 0.25) is 0 Å². The van der Waals surface area contributed by atoms with Crippen LogP contribution in [0.25, 0.3) is 0 Å². The van der Waals surface area contributed by atoms with Gasteiger partial charge in [0, 0.05) is 37.7 Å². The number of aryl methyl sites for hydroxylation is 2. The summed E-state index contributed by atoms with van der Waals surface area (Å²) in [6.07, 6.45) is 5.87. The van der Waals surface area contributed by atoms with Gasteiger partial charge in [0.15, 0.2) is 0 Å². The van der Waals surface area contributed by atoms with E-state index in [0.717, 1.165) is 29.8 Å². The van der Waals surface area contributed by atoms with Gasteiger partial charge in [0.1, 0.15) is 17.8 Å². The van der Waals surface area contributed by atoms with Crippen molar-refractivity contribution in [2.24, 2.45) is 0 Å². The van der Waals surface area contributed by atoms with Crippen LogP contribution < -0.4 is 10.2 Å². The van der Waals surface area contributed by atoms with Crippen molar-refractivity contribution >= 4 is 17.4 Å². The molecule has 2 aromatic heterocycles. The summed E-state index contributed by atoms with van der Waals surface area (Å²) in [6.45, 7) is 4.72. The molecule has 0 radical (unpaired) electrons. The van der Waals surface area contributed by atoms with Gasteiger partial charge in [-0.3, -0.25) is 9.78 Å². The Balaban J connectivity index is 1.70. The van der Waals surface area contributed by atoms with Crippen LogP contribution in [0.15, 0.2) is 55.1 Å². The van der Waals surface area contributed by atoms with Gasteiger partial charge in [0.05, 0.1) is 0 Å². The van der Waals surface area contributed by atoms with Gasteiger partial charge in [-0.1, -0.05) is 18.2 Å². The van der Waals surface area contributed by atoms with E-state index in [2.05, 4.69) is 20.3 Å². The number of carbonyl (C=O) groups excluding carboxylic acids is 1. The standard InChI is InChI=1S/C21H23N5O/c1-15-5-4-6-16(2)20(15)25-21(27)18-13-19(24-14-23-18)26(3)12-9-17-7-10-22-11-8-17/h4-8,10-11,13-14H,9,12H2,1-3H3,(H,25,27). The molecule has 0 saturated carbocycles. The first-order chi connectivity index (χ1) is 13.0. The van der Waals surface area contributed by atoms with E-state index in [9.17, 15) is 4.79 Å². The molecule has 0 aliphatic heterocycles. The predicted molar refractivity (Wildman–Crippen MR) is 107 cm³/mol. The third kappa shape index (κ3) is 4.67. The summed E-state index contributed by atoms with van der Waals surface area (Å²) in [6, 6.07) is 11.6. The smallest absolute Gasteiger partial charge is 0.274 e. The van der Waals surface area contributed by atoms with E-state index >= 15 is 0 Å². The highest BCUT2D eigenvalue weighted by Crippen LogP contribution is 2.20. The lowest BCUT2D eigenvalue weighted by atomic mass is 10.1. The molecule has 0 bridgehead atoms. The minimum atomic E-state index is -0.237. The summed E-state index contributed by atoms with van der Waals surface area (Å²) >= 11 is 0. The van der Waals surface area contributed by atoms with Crippen LogP contribution in [0.3, 0.4) is 0 Å². The van der Waals surface area contributed by atoms with E-state index in [0.29, 0.717) is 11.5 Å². The number of anilines is 2. The SMILES string of the molecule is Cc1cccc(C)c1NC(=O)c1cc(N(C)CCc2ccncc2)ncn1. The molecular formula is C21H23N5O. The summed E-state index contributed by atoms with van der Waals surface area (Å²) in [5, 5.41) is 2.96. The Labute approximate surface area is 159 Å². The molecule has 1 amide bonds. The fourth-order valence-corrected chi connectivity index (χ4v) is 2.83. The van der Waals surface area contributed by atoms with Crippen molar-refractivity contribution in [1.82, 2.24) is 15.0 Å². The Kier molecular flexibility index (Phi) is 5.76. The molecule has 27 heavy (non-hydrogen) atoms. The minimum absolute atomic E-state index is 0.237. The predicted octanol–water partition coefficient (Wildman–Crippen LogP) is 3.42. The highest BCUT2D eigenvalue weighted by Gasteiger charge is 2.13. The quantitative estimate of drug-likeness (QED) is 0.728. The molecule has 2 heterocycles. The monoisotopic (exact) mass is 361 g/mol. The van der Waals surface area contributed by atoms with Crippen molar-refractivity contribution in [2.45, 2.75) is 20.3 Å². The maximum Gasteiger partial charge on any atom is 0.274 e. The van der Waals surface area contributed by atoms with Crippen LogP contribution in [-0.2, 0) is 6.42 Å². The summed E-state index contributed by atoms with van der Waals surface area (Å²) < 4.78 is 0. The molecule has 1 aromatic carbocycles. The van der Waals surface area contributed by atoms with Crippen molar-refractivity contribution in [3.05, 3.63) is 77.5 Å². The van der Waals surface area contributed by atoms with Gasteiger partial charge in [0.25, 0.3) is 5.91 Å². The first-order valence-corrected chi connectivity index (χ1v) is 8.84. The van der Waals surface area contributed by atoms with E-state index in [1.54, 1.807) is 18.5 Å². The summed E-state index contributed by atoms with van der Waals surface area (Å²) in [7, 11) is 1.96. The third-order valence-corrected chi connectivity index (χ3v) is 4.48. The number of carbonyl (C=O) groups is 1. The largest absolute Gasteiger partial charge is 0.359 e. The average Bonchev–Trinajstić information content (AvgIpc) is 2.70. The molecule has 3 aromatic rings. The van der Waals surface area contributed by atoms with Crippen molar-refractivity contribution in [3.63, 3.8) is 0 Å². The number of aromatic nitrogens is 3. The van der Waals surface area contributed by atoms with Crippen molar-refractivity contribution in [1.29, 1.82) is 0 Å². The number of hydrogen-bond acceptors (Lipinski definition) is 5. The van der Waals surface area contributed by atoms with Gasteiger partial charge in [-0.25, -0.2) is 9.97 Å². The minimum Gasteiger partial charge on any atom is -0.359 e. The van der Waals surface area contributed by atoms with Crippen LogP contribution in [0.1, 0.15) is 27.2 Å².